The van der Waals surface area contributed by atoms with Gasteiger partial charge in [-0.05, 0) is 37.1 Å². The van der Waals surface area contributed by atoms with Crippen LogP contribution in [0.15, 0.2) is 24.3 Å². The van der Waals surface area contributed by atoms with Crippen molar-refractivity contribution < 1.29 is 8.42 Å². The van der Waals surface area contributed by atoms with Crippen molar-refractivity contribution in [3.8, 4) is 0 Å². The molecule has 0 atom stereocenters. The van der Waals surface area contributed by atoms with Gasteiger partial charge >= 0.3 is 0 Å². The molecule has 0 saturated heterocycles. The predicted molar refractivity (Wildman–Crippen MR) is 61.8 cm³/mol. The smallest absolute Gasteiger partial charge is 0.232 e. The van der Waals surface area contributed by atoms with Crippen LogP contribution in [0.2, 0.25) is 5.02 Å². The molecule has 1 aliphatic carbocycles. The largest absolute Gasteiger partial charge is 0.267 e. The summed E-state index contributed by atoms with van der Waals surface area (Å²) >= 11 is 5.76. The normalized spacial score (nSPS) is 16.4. The average molecular weight is 246 g/mol. The van der Waals surface area contributed by atoms with Crippen molar-refractivity contribution in [3.05, 3.63) is 29.3 Å². The van der Waals surface area contributed by atoms with Crippen LogP contribution >= 0.6 is 11.6 Å². The Morgan fingerprint density at radius 1 is 1.27 bits per heavy atom. The van der Waals surface area contributed by atoms with E-state index in [4.69, 9.17) is 11.6 Å². The first kappa shape index (κ1) is 10.8. The minimum atomic E-state index is -3.18. The van der Waals surface area contributed by atoms with Gasteiger partial charge in [0.15, 0.2) is 0 Å². The maximum Gasteiger partial charge on any atom is 0.232 e. The summed E-state index contributed by atoms with van der Waals surface area (Å²) in [5.41, 5.74) is 0.699. The third-order valence-electron chi connectivity index (χ3n) is 2.32. The lowest BCUT2D eigenvalue weighted by Crippen LogP contribution is -2.31. The van der Waals surface area contributed by atoms with Gasteiger partial charge in [0.1, 0.15) is 0 Å². The first-order chi connectivity index (χ1) is 6.98. The van der Waals surface area contributed by atoms with E-state index in [0.717, 1.165) is 12.8 Å². The van der Waals surface area contributed by atoms with Gasteiger partial charge in [0.25, 0.3) is 0 Å². The highest BCUT2D eigenvalue weighted by Gasteiger charge is 2.34. The van der Waals surface area contributed by atoms with E-state index in [1.54, 1.807) is 24.3 Å². The van der Waals surface area contributed by atoms with E-state index >= 15 is 0 Å². The standard InChI is InChI=1S/C10H12ClNO2S/c1-15(13,14)12(10-6-7-10)9-4-2-8(11)3-5-9/h2-5,10H,6-7H2,1H3. The Hall–Kier alpha value is -0.740. The molecule has 15 heavy (non-hydrogen) atoms. The fraction of sp³-hybridized carbons (Fsp3) is 0.400. The summed E-state index contributed by atoms with van der Waals surface area (Å²) in [6.45, 7) is 0. The SMILES string of the molecule is CS(=O)(=O)N(c1ccc(Cl)cc1)C1CC1. The second kappa shape index (κ2) is 3.68. The summed E-state index contributed by atoms with van der Waals surface area (Å²) in [5.74, 6) is 0. The second-order valence-corrected chi connectivity index (χ2v) is 6.06. The van der Waals surface area contributed by atoms with Gasteiger partial charge in [-0.1, -0.05) is 11.6 Å². The monoisotopic (exact) mass is 245 g/mol. The molecule has 2 rings (SSSR count). The van der Waals surface area contributed by atoms with Crippen LogP contribution in [-0.2, 0) is 10.0 Å². The van der Waals surface area contributed by atoms with E-state index in [1.165, 1.54) is 10.6 Å². The van der Waals surface area contributed by atoms with Gasteiger partial charge in [0.2, 0.25) is 10.0 Å². The summed E-state index contributed by atoms with van der Waals surface area (Å²) in [7, 11) is -3.18. The zero-order chi connectivity index (χ0) is 11.1. The van der Waals surface area contributed by atoms with E-state index in [2.05, 4.69) is 0 Å². The van der Waals surface area contributed by atoms with Crippen molar-refractivity contribution in [1.82, 2.24) is 0 Å². The summed E-state index contributed by atoms with van der Waals surface area (Å²) < 4.78 is 24.7. The molecule has 82 valence electrons. The number of anilines is 1. The van der Waals surface area contributed by atoms with Crippen LogP contribution in [0.5, 0.6) is 0 Å². The Balaban J connectivity index is 2.37. The van der Waals surface area contributed by atoms with E-state index in [0.29, 0.717) is 10.7 Å². The molecule has 1 aromatic rings. The molecule has 1 aromatic carbocycles. The van der Waals surface area contributed by atoms with Gasteiger partial charge in [-0.25, -0.2) is 8.42 Å². The Kier molecular flexibility index (Phi) is 2.64. The molecule has 0 aliphatic heterocycles. The number of hydrogen-bond acceptors (Lipinski definition) is 2. The zero-order valence-corrected chi connectivity index (χ0v) is 9.92. The molecule has 0 unspecified atom stereocenters. The highest BCUT2D eigenvalue weighted by atomic mass is 35.5. The molecule has 1 saturated carbocycles. The predicted octanol–water partition coefficient (Wildman–Crippen LogP) is 2.27. The van der Waals surface area contributed by atoms with Gasteiger partial charge in [0, 0.05) is 11.1 Å². The van der Waals surface area contributed by atoms with Crippen molar-refractivity contribution in [2.75, 3.05) is 10.6 Å². The fourth-order valence-electron chi connectivity index (χ4n) is 1.57. The minimum absolute atomic E-state index is 0.140. The molecule has 0 N–H and O–H groups in total. The molecule has 1 fully saturated rings. The molecule has 3 nitrogen and oxygen atoms in total. The van der Waals surface area contributed by atoms with Crippen LogP contribution < -0.4 is 4.31 Å². The lowest BCUT2D eigenvalue weighted by Gasteiger charge is -2.21. The molecule has 0 radical (unpaired) electrons. The van der Waals surface area contributed by atoms with Gasteiger partial charge in [-0.2, -0.15) is 0 Å². The average Bonchev–Trinajstić information content (AvgIpc) is 2.90. The number of sulfonamides is 1. The van der Waals surface area contributed by atoms with Crippen molar-refractivity contribution in [2.24, 2.45) is 0 Å². The van der Waals surface area contributed by atoms with Gasteiger partial charge in [-0.15, -0.1) is 0 Å². The summed E-state index contributed by atoms with van der Waals surface area (Å²) in [6, 6.07) is 7.03. The molecule has 0 spiro atoms. The molecule has 0 amide bonds. The van der Waals surface area contributed by atoms with E-state index < -0.39 is 10.0 Å². The Morgan fingerprint density at radius 3 is 2.20 bits per heavy atom. The van der Waals surface area contributed by atoms with Crippen molar-refractivity contribution in [2.45, 2.75) is 18.9 Å². The molecule has 0 aromatic heterocycles. The van der Waals surface area contributed by atoms with Crippen molar-refractivity contribution in [3.63, 3.8) is 0 Å². The van der Waals surface area contributed by atoms with Crippen LogP contribution in [0.3, 0.4) is 0 Å². The van der Waals surface area contributed by atoms with Crippen molar-refractivity contribution >= 4 is 27.3 Å². The minimum Gasteiger partial charge on any atom is -0.267 e. The summed E-state index contributed by atoms with van der Waals surface area (Å²) in [4.78, 5) is 0. The molecule has 0 heterocycles. The topological polar surface area (TPSA) is 37.4 Å². The van der Waals surface area contributed by atoms with Crippen LogP contribution in [0.1, 0.15) is 12.8 Å². The maximum absolute atomic E-state index is 11.6. The second-order valence-electron chi connectivity index (χ2n) is 3.77. The number of halogens is 1. The zero-order valence-electron chi connectivity index (χ0n) is 8.35. The third kappa shape index (κ3) is 2.44. The van der Waals surface area contributed by atoms with Crippen molar-refractivity contribution in [1.29, 1.82) is 0 Å². The fourth-order valence-corrected chi connectivity index (χ4v) is 2.95. The van der Waals surface area contributed by atoms with E-state index in [1.807, 2.05) is 0 Å². The highest BCUT2D eigenvalue weighted by Crippen LogP contribution is 2.34. The van der Waals surface area contributed by atoms with Gasteiger partial charge < -0.3 is 0 Å². The molecule has 5 heteroatoms. The first-order valence-electron chi connectivity index (χ1n) is 4.73. The Bertz CT molecular complexity index is 451. The summed E-state index contributed by atoms with van der Waals surface area (Å²) in [6.07, 6.45) is 3.12. The lowest BCUT2D eigenvalue weighted by atomic mass is 10.3. The quantitative estimate of drug-likeness (QED) is 0.819. The molecule has 1 aliphatic rings. The van der Waals surface area contributed by atoms with Gasteiger partial charge in [-0.3, -0.25) is 4.31 Å². The third-order valence-corrected chi connectivity index (χ3v) is 3.79. The van der Waals surface area contributed by atoms with E-state index in [-0.39, 0.29) is 6.04 Å². The maximum atomic E-state index is 11.6. The number of rotatable bonds is 3. The molecular weight excluding hydrogens is 234 g/mol. The van der Waals surface area contributed by atoms with E-state index in [9.17, 15) is 8.42 Å². The number of hydrogen-bond donors (Lipinski definition) is 0. The molecular formula is C10H12ClNO2S. The van der Waals surface area contributed by atoms with Crippen LogP contribution in [0, 0.1) is 0 Å². The molecule has 0 bridgehead atoms. The lowest BCUT2D eigenvalue weighted by molar-refractivity contribution is 0.596. The Morgan fingerprint density at radius 2 is 1.80 bits per heavy atom. The van der Waals surface area contributed by atoms with Crippen LogP contribution in [0.25, 0.3) is 0 Å². The summed E-state index contributed by atoms with van der Waals surface area (Å²) in [5, 5.41) is 0.614. The Labute approximate surface area is 94.7 Å². The van der Waals surface area contributed by atoms with Crippen LogP contribution in [-0.4, -0.2) is 20.7 Å². The number of nitrogens with zero attached hydrogens (tertiary/aromatic N) is 1. The highest BCUT2D eigenvalue weighted by molar-refractivity contribution is 7.92. The first-order valence-corrected chi connectivity index (χ1v) is 6.96. The number of benzene rings is 1. The van der Waals surface area contributed by atoms with Gasteiger partial charge in [0.05, 0.1) is 11.9 Å². The van der Waals surface area contributed by atoms with Crippen LogP contribution in [0.4, 0.5) is 5.69 Å².